The first-order valence-electron chi connectivity index (χ1n) is 5.19. The van der Waals surface area contributed by atoms with Gasteiger partial charge in [0.05, 0.1) is 7.11 Å². The maximum absolute atomic E-state index is 11.7. The number of nitrogens with one attached hydrogen (secondary N) is 1. The number of carbonyl (C=O) groups excluding carboxylic acids is 1. The highest BCUT2D eigenvalue weighted by atomic mass is 32.1. The number of rotatable bonds is 4. The first-order chi connectivity index (χ1) is 8.69. The Morgan fingerprint density at radius 2 is 2.11 bits per heavy atom. The van der Waals surface area contributed by atoms with E-state index < -0.39 is 0 Å². The number of carbonyl (C=O) groups is 1. The number of benzene rings is 1. The number of anilines is 1. The number of nitrogens with zero attached hydrogens (tertiary/aromatic N) is 2. The summed E-state index contributed by atoms with van der Waals surface area (Å²) >= 11 is 1.06. The second-order valence-corrected chi connectivity index (χ2v) is 4.49. The number of nitrogen functional groups attached to an aromatic ring is 1. The van der Waals surface area contributed by atoms with E-state index in [2.05, 4.69) is 15.5 Å². The highest BCUT2D eigenvalue weighted by Crippen LogP contribution is 2.12. The van der Waals surface area contributed by atoms with Gasteiger partial charge >= 0.3 is 0 Å². The zero-order chi connectivity index (χ0) is 13.0. The van der Waals surface area contributed by atoms with E-state index in [-0.39, 0.29) is 16.0 Å². The molecule has 2 aromatic rings. The molecule has 2 rings (SSSR count). The van der Waals surface area contributed by atoms with Crippen LogP contribution in [0.25, 0.3) is 0 Å². The summed E-state index contributed by atoms with van der Waals surface area (Å²) in [6.07, 6.45) is 0. The normalized spacial score (nSPS) is 10.1. The Labute approximate surface area is 108 Å². The fraction of sp³-hybridized carbons (Fsp3) is 0.182. The summed E-state index contributed by atoms with van der Waals surface area (Å²) in [6, 6.07) is 7.44. The van der Waals surface area contributed by atoms with Crippen LogP contribution in [0.5, 0.6) is 5.75 Å². The largest absolute Gasteiger partial charge is 0.497 e. The van der Waals surface area contributed by atoms with Crippen LogP contribution in [0.1, 0.15) is 15.4 Å². The fourth-order valence-electron chi connectivity index (χ4n) is 1.33. The molecule has 0 saturated carbocycles. The summed E-state index contributed by atoms with van der Waals surface area (Å²) < 4.78 is 5.05. The predicted molar refractivity (Wildman–Crippen MR) is 68.5 cm³/mol. The minimum Gasteiger partial charge on any atom is -0.497 e. The zero-order valence-corrected chi connectivity index (χ0v) is 10.5. The van der Waals surface area contributed by atoms with Crippen molar-refractivity contribution in [3.05, 3.63) is 34.8 Å². The smallest absolute Gasteiger partial charge is 0.282 e. The van der Waals surface area contributed by atoms with Crippen molar-refractivity contribution in [3.8, 4) is 5.75 Å². The van der Waals surface area contributed by atoms with Crippen LogP contribution < -0.4 is 15.8 Å². The molecule has 7 heteroatoms. The van der Waals surface area contributed by atoms with Gasteiger partial charge in [-0.3, -0.25) is 4.79 Å². The van der Waals surface area contributed by atoms with Gasteiger partial charge in [-0.1, -0.05) is 23.5 Å². The van der Waals surface area contributed by atoms with Crippen molar-refractivity contribution < 1.29 is 9.53 Å². The number of hydrogen-bond donors (Lipinski definition) is 2. The summed E-state index contributed by atoms with van der Waals surface area (Å²) in [7, 11) is 1.61. The van der Waals surface area contributed by atoms with Gasteiger partial charge < -0.3 is 15.8 Å². The van der Waals surface area contributed by atoms with Gasteiger partial charge in [-0.2, -0.15) is 0 Å². The summed E-state index contributed by atoms with van der Waals surface area (Å²) in [5, 5.41) is 10.5. The number of hydrogen-bond acceptors (Lipinski definition) is 6. The molecule has 0 fully saturated rings. The molecule has 6 nitrogen and oxygen atoms in total. The molecule has 0 atom stereocenters. The van der Waals surface area contributed by atoms with E-state index in [0.29, 0.717) is 6.54 Å². The van der Waals surface area contributed by atoms with Crippen molar-refractivity contribution in [1.82, 2.24) is 15.5 Å². The van der Waals surface area contributed by atoms with Crippen LogP contribution in [0.15, 0.2) is 24.3 Å². The highest BCUT2D eigenvalue weighted by Gasteiger charge is 2.10. The molecule has 0 aliphatic rings. The van der Waals surface area contributed by atoms with Crippen molar-refractivity contribution >= 4 is 22.4 Å². The Balaban J connectivity index is 1.92. The maximum Gasteiger partial charge on any atom is 0.282 e. The molecule has 1 aromatic carbocycles. The first-order valence-corrected chi connectivity index (χ1v) is 6.01. The standard InChI is InChI=1S/C11H12N4O2S/c1-17-8-4-2-7(3-5-8)6-13-9(16)10-14-15-11(12)18-10/h2-5H,6H2,1H3,(H2,12,15)(H,13,16). The monoisotopic (exact) mass is 264 g/mol. The fourth-order valence-corrected chi connectivity index (χ4v) is 1.85. The van der Waals surface area contributed by atoms with E-state index in [1.54, 1.807) is 7.11 Å². The third-order valence-electron chi connectivity index (χ3n) is 2.25. The molecule has 1 heterocycles. The molecule has 18 heavy (non-hydrogen) atoms. The zero-order valence-electron chi connectivity index (χ0n) is 9.71. The first kappa shape index (κ1) is 12.3. The Kier molecular flexibility index (Phi) is 3.73. The number of nitrogens with two attached hydrogens (primary N) is 1. The SMILES string of the molecule is COc1ccc(CNC(=O)c2nnc(N)s2)cc1. The third kappa shape index (κ3) is 2.95. The maximum atomic E-state index is 11.7. The Hall–Kier alpha value is -2.15. The van der Waals surface area contributed by atoms with Crippen LogP contribution in [-0.4, -0.2) is 23.2 Å². The molecule has 0 aliphatic carbocycles. The lowest BCUT2D eigenvalue weighted by atomic mass is 10.2. The van der Waals surface area contributed by atoms with Crippen molar-refractivity contribution in [1.29, 1.82) is 0 Å². The Morgan fingerprint density at radius 1 is 1.39 bits per heavy atom. The second-order valence-electron chi connectivity index (χ2n) is 3.48. The van der Waals surface area contributed by atoms with Crippen LogP contribution in [-0.2, 0) is 6.54 Å². The van der Waals surface area contributed by atoms with Gasteiger partial charge in [0.15, 0.2) is 0 Å². The molecule has 94 valence electrons. The number of ether oxygens (including phenoxy) is 1. The van der Waals surface area contributed by atoms with E-state index in [1.165, 1.54) is 0 Å². The van der Waals surface area contributed by atoms with Crippen LogP contribution in [0.3, 0.4) is 0 Å². The van der Waals surface area contributed by atoms with Gasteiger partial charge in [0.2, 0.25) is 10.1 Å². The average Bonchev–Trinajstić information content (AvgIpc) is 2.83. The van der Waals surface area contributed by atoms with Gasteiger partial charge in [0, 0.05) is 6.54 Å². The van der Waals surface area contributed by atoms with E-state index in [9.17, 15) is 4.79 Å². The van der Waals surface area contributed by atoms with E-state index in [4.69, 9.17) is 10.5 Å². The molecule has 0 unspecified atom stereocenters. The van der Waals surface area contributed by atoms with Crippen LogP contribution in [0.2, 0.25) is 0 Å². The molecule has 1 amide bonds. The molecule has 0 radical (unpaired) electrons. The van der Waals surface area contributed by atoms with Crippen LogP contribution in [0, 0.1) is 0 Å². The predicted octanol–water partition coefficient (Wildman–Crippen LogP) is 1.06. The van der Waals surface area contributed by atoms with Gasteiger partial charge in [0.1, 0.15) is 5.75 Å². The van der Waals surface area contributed by atoms with Gasteiger partial charge in [-0.15, -0.1) is 10.2 Å². The topological polar surface area (TPSA) is 90.1 Å². The summed E-state index contributed by atoms with van der Waals surface area (Å²) in [5.74, 6) is 0.502. The van der Waals surface area contributed by atoms with E-state index in [1.807, 2.05) is 24.3 Å². The second kappa shape index (κ2) is 5.46. The average molecular weight is 264 g/mol. The lowest BCUT2D eigenvalue weighted by Crippen LogP contribution is -2.22. The van der Waals surface area contributed by atoms with Crippen LogP contribution >= 0.6 is 11.3 Å². The molecule has 1 aromatic heterocycles. The molecular formula is C11H12N4O2S. The van der Waals surface area contributed by atoms with Gasteiger partial charge in [-0.05, 0) is 17.7 Å². The van der Waals surface area contributed by atoms with Crippen molar-refractivity contribution in [2.24, 2.45) is 0 Å². The summed E-state index contributed by atoms with van der Waals surface area (Å²) in [4.78, 5) is 11.7. The molecule has 0 bridgehead atoms. The highest BCUT2D eigenvalue weighted by molar-refractivity contribution is 7.16. The molecular weight excluding hydrogens is 252 g/mol. The molecule has 3 N–H and O–H groups in total. The van der Waals surface area contributed by atoms with Crippen LogP contribution in [0.4, 0.5) is 5.13 Å². The Morgan fingerprint density at radius 3 is 2.67 bits per heavy atom. The molecule has 0 aliphatic heterocycles. The molecule has 0 spiro atoms. The number of methoxy groups -OCH3 is 1. The minimum absolute atomic E-state index is 0.265. The van der Waals surface area contributed by atoms with Gasteiger partial charge in [0.25, 0.3) is 5.91 Å². The van der Waals surface area contributed by atoms with Crippen molar-refractivity contribution in [2.75, 3.05) is 12.8 Å². The lowest BCUT2D eigenvalue weighted by Gasteiger charge is -2.04. The van der Waals surface area contributed by atoms with E-state index in [0.717, 1.165) is 22.6 Å². The Bertz CT molecular complexity index is 538. The van der Waals surface area contributed by atoms with Crippen molar-refractivity contribution in [3.63, 3.8) is 0 Å². The lowest BCUT2D eigenvalue weighted by molar-refractivity contribution is 0.0950. The van der Waals surface area contributed by atoms with Crippen molar-refractivity contribution in [2.45, 2.75) is 6.54 Å². The summed E-state index contributed by atoms with van der Waals surface area (Å²) in [5.41, 5.74) is 6.38. The molecule has 0 saturated heterocycles. The summed E-state index contributed by atoms with van der Waals surface area (Å²) in [6.45, 7) is 0.419. The van der Waals surface area contributed by atoms with E-state index >= 15 is 0 Å². The number of aromatic nitrogens is 2. The number of amides is 1. The quantitative estimate of drug-likeness (QED) is 0.861. The third-order valence-corrected chi connectivity index (χ3v) is 3.00. The minimum atomic E-state index is -0.278. The van der Waals surface area contributed by atoms with Gasteiger partial charge in [-0.25, -0.2) is 0 Å².